The molecule has 0 aliphatic carbocycles. The SMILES string of the molecule is Cc1ccc2nc(C(Nc3ccc(-c4nccn4C)nn3)C(C)C)[nH]c2c1. The molecule has 138 valence electrons. The minimum Gasteiger partial charge on any atom is -0.358 e. The molecule has 1 aromatic carbocycles. The number of imidazole rings is 2. The van der Waals surface area contributed by atoms with Gasteiger partial charge in [-0.05, 0) is 42.7 Å². The maximum Gasteiger partial charge on any atom is 0.160 e. The summed E-state index contributed by atoms with van der Waals surface area (Å²) in [5.74, 6) is 2.73. The average molecular weight is 361 g/mol. The lowest BCUT2D eigenvalue weighted by atomic mass is 10.0. The Morgan fingerprint density at radius 3 is 2.63 bits per heavy atom. The highest BCUT2D eigenvalue weighted by atomic mass is 15.2. The van der Waals surface area contributed by atoms with Gasteiger partial charge >= 0.3 is 0 Å². The van der Waals surface area contributed by atoms with E-state index >= 15 is 0 Å². The number of hydrogen-bond acceptors (Lipinski definition) is 5. The van der Waals surface area contributed by atoms with Crippen molar-refractivity contribution >= 4 is 16.9 Å². The van der Waals surface area contributed by atoms with Crippen LogP contribution in [0, 0.1) is 12.8 Å². The van der Waals surface area contributed by atoms with E-state index in [0.717, 1.165) is 28.4 Å². The summed E-state index contributed by atoms with van der Waals surface area (Å²) < 4.78 is 1.92. The third kappa shape index (κ3) is 3.40. The van der Waals surface area contributed by atoms with E-state index in [1.165, 1.54) is 5.56 Å². The van der Waals surface area contributed by atoms with Gasteiger partial charge in [0.1, 0.15) is 17.3 Å². The Hall–Kier alpha value is -3.22. The lowest BCUT2D eigenvalue weighted by Crippen LogP contribution is -2.19. The molecule has 0 saturated carbocycles. The van der Waals surface area contributed by atoms with Crippen molar-refractivity contribution < 1.29 is 0 Å². The number of rotatable bonds is 5. The number of benzene rings is 1. The summed E-state index contributed by atoms with van der Waals surface area (Å²) >= 11 is 0. The first-order valence-corrected chi connectivity index (χ1v) is 9.05. The first kappa shape index (κ1) is 17.2. The zero-order valence-electron chi connectivity index (χ0n) is 15.9. The lowest BCUT2D eigenvalue weighted by Gasteiger charge is -2.20. The smallest absolute Gasteiger partial charge is 0.160 e. The number of nitrogens with one attached hydrogen (secondary N) is 2. The van der Waals surface area contributed by atoms with Gasteiger partial charge in [-0.1, -0.05) is 19.9 Å². The molecule has 3 heterocycles. The zero-order valence-corrected chi connectivity index (χ0v) is 15.9. The fourth-order valence-electron chi connectivity index (χ4n) is 3.14. The number of nitrogens with zero attached hydrogens (tertiary/aromatic N) is 5. The minimum absolute atomic E-state index is 0.00557. The Morgan fingerprint density at radius 2 is 1.96 bits per heavy atom. The van der Waals surface area contributed by atoms with Gasteiger partial charge in [0.15, 0.2) is 5.82 Å². The normalized spacial score (nSPS) is 12.6. The number of H-pyrrole nitrogens is 1. The van der Waals surface area contributed by atoms with E-state index in [0.29, 0.717) is 11.7 Å². The van der Waals surface area contributed by atoms with Crippen LogP contribution >= 0.6 is 0 Å². The molecular weight excluding hydrogens is 338 g/mol. The number of aromatic nitrogens is 6. The van der Waals surface area contributed by atoms with Crippen LogP contribution in [0.25, 0.3) is 22.6 Å². The van der Waals surface area contributed by atoms with Crippen LogP contribution in [0.15, 0.2) is 42.7 Å². The van der Waals surface area contributed by atoms with Crippen LogP contribution in [-0.4, -0.2) is 29.7 Å². The Kier molecular flexibility index (Phi) is 4.35. The molecule has 0 aliphatic rings. The second kappa shape index (κ2) is 6.83. The van der Waals surface area contributed by atoms with Crippen LogP contribution in [-0.2, 0) is 7.05 Å². The van der Waals surface area contributed by atoms with Crippen LogP contribution < -0.4 is 5.32 Å². The van der Waals surface area contributed by atoms with Gasteiger partial charge in [-0.2, -0.15) is 0 Å². The number of aromatic amines is 1. The molecule has 0 saturated heterocycles. The third-order valence-electron chi connectivity index (χ3n) is 4.64. The van der Waals surface area contributed by atoms with E-state index < -0.39 is 0 Å². The minimum atomic E-state index is 0.00557. The standard InChI is InChI=1S/C20H23N7/c1-12(2)18(19-22-14-6-5-13(3)11-16(14)23-19)24-17-8-7-15(25-26-17)20-21-9-10-27(20)4/h5-12,18H,1-4H3,(H,22,23)(H,24,26). The number of anilines is 1. The zero-order chi connectivity index (χ0) is 19.0. The summed E-state index contributed by atoms with van der Waals surface area (Å²) in [4.78, 5) is 12.5. The van der Waals surface area contributed by atoms with Gasteiger partial charge in [0.2, 0.25) is 0 Å². The van der Waals surface area contributed by atoms with E-state index in [-0.39, 0.29) is 6.04 Å². The topological polar surface area (TPSA) is 84.3 Å². The fourth-order valence-corrected chi connectivity index (χ4v) is 3.14. The van der Waals surface area contributed by atoms with Gasteiger partial charge in [0, 0.05) is 19.4 Å². The lowest BCUT2D eigenvalue weighted by molar-refractivity contribution is 0.524. The molecule has 4 rings (SSSR count). The van der Waals surface area contributed by atoms with Gasteiger partial charge in [-0.25, -0.2) is 9.97 Å². The summed E-state index contributed by atoms with van der Waals surface area (Å²) in [7, 11) is 1.94. The van der Waals surface area contributed by atoms with Gasteiger partial charge < -0.3 is 14.9 Å². The van der Waals surface area contributed by atoms with Gasteiger partial charge in [-0.3, -0.25) is 0 Å². The van der Waals surface area contributed by atoms with Crippen molar-refractivity contribution in [2.75, 3.05) is 5.32 Å². The van der Waals surface area contributed by atoms with E-state index in [4.69, 9.17) is 4.98 Å². The van der Waals surface area contributed by atoms with E-state index in [2.05, 4.69) is 58.4 Å². The van der Waals surface area contributed by atoms with Gasteiger partial charge in [-0.15, -0.1) is 10.2 Å². The molecule has 27 heavy (non-hydrogen) atoms. The largest absolute Gasteiger partial charge is 0.358 e. The van der Waals surface area contributed by atoms with E-state index in [1.807, 2.05) is 36.0 Å². The fraction of sp³-hybridized carbons (Fsp3) is 0.300. The van der Waals surface area contributed by atoms with Crippen molar-refractivity contribution in [3.8, 4) is 11.5 Å². The third-order valence-corrected chi connectivity index (χ3v) is 4.64. The maximum atomic E-state index is 4.76. The van der Waals surface area contributed by atoms with Crippen molar-refractivity contribution in [3.05, 3.63) is 54.1 Å². The molecule has 1 atom stereocenters. The van der Waals surface area contributed by atoms with Crippen LogP contribution in [0.3, 0.4) is 0 Å². The van der Waals surface area contributed by atoms with Gasteiger partial charge in [0.05, 0.1) is 17.1 Å². The molecule has 1 unspecified atom stereocenters. The molecule has 2 N–H and O–H groups in total. The Morgan fingerprint density at radius 1 is 1.11 bits per heavy atom. The van der Waals surface area contributed by atoms with Crippen molar-refractivity contribution in [2.45, 2.75) is 26.8 Å². The highest BCUT2D eigenvalue weighted by Crippen LogP contribution is 2.26. The number of aryl methyl sites for hydroxylation is 2. The highest BCUT2D eigenvalue weighted by molar-refractivity contribution is 5.76. The predicted molar refractivity (Wildman–Crippen MR) is 106 cm³/mol. The molecule has 0 aliphatic heterocycles. The second-order valence-electron chi connectivity index (χ2n) is 7.17. The Labute approximate surface area is 157 Å². The monoisotopic (exact) mass is 361 g/mol. The summed E-state index contributed by atoms with van der Waals surface area (Å²) in [5.41, 5.74) is 3.98. The molecule has 7 heteroatoms. The average Bonchev–Trinajstić information content (AvgIpc) is 3.25. The van der Waals surface area contributed by atoms with Crippen molar-refractivity contribution in [3.63, 3.8) is 0 Å². The van der Waals surface area contributed by atoms with E-state index in [9.17, 15) is 0 Å². The molecule has 3 aromatic heterocycles. The molecular formula is C20H23N7. The van der Waals surface area contributed by atoms with Gasteiger partial charge in [0.25, 0.3) is 0 Å². The number of fused-ring (bicyclic) bond motifs is 1. The van der Waals surface area contributed by atoms with Crippen LogP contribution in [0.2, 0.25) is 0 Å². The van der Waals surface area contributed by atoms with Crippen molar-refractivity contribution in [1.29, 1.82) is 0 Å². The maximum absolute atomic E-state index is 4.76. The molecule has 0 fully saturated rings. The molecule has 0 radical (unpaired) electrons. The van der Waals surface area contributed by atoms with E-state index in [1.54, 1.807) is 6.20 Å². The first-order chi connectivity index (χ1) is 13.0. The van der Waals surface area contributed by atoms with Crippen molar-refractivity contribution in [2.24, 2.45) is 13.0 Å². The summed E-state index contributed by atoms with van der Waals surface area (Å²) in [6.45, 7) is 6.40. The van der Waals surface area contributed by atoms with Crippen LogP contribution in [0.4, 0.5) is 5.82 Å². The molecule has 0 spiro atoms. The highest BCUT2D eigenvalue weighted by Gasteiger charge is 2.20. The first-order valence-electron chi connectivity index (χ1n) is 9.05. The Balaban J connectivity index is 1.60. The quantitative estimate of drug-likeness (QED) is 0.564. The van der Waals surface area contributed by atoms with Crippen LogP contribution in [0.1, 0.15) is 31.3 Å². The summed E-state index contributed by atoms with van der Waals surface area (Å²) in [6.07, 6.45) is 3.64. The molecule has 0 bridgehead atoms. The molecule has 0 amide bonds. The summed E-state index contributed by atoms with van der Waals surface area (Å²) in [6, 6.07) is 10.1. The molecule has 7 nitrogen and oxygen atoms in total. The Bertz CT molecular complexity index is 1060. The second-order valence-corrected chi connectivity index (χ2v) is 7.17. The van der Waals surface area contributed by atoms with Crippen molar-refractivity contribution in [1.82, 2.24) is 29.7 Å². The summed E-state index contributed by atoms with van der Waals surface area (Å²) in [5, 5.41) is 12.1. The molecule has 4 aromatic rings. The number of hydrogen-bond donors (Lipinski definition) is 2. The predicted octanol–water partition coefficient (Wildman–Crippen LogP) is 3.87. The van der Waals surface area contributed by atoms with Crippen LogP contribution in [0.5, 0.6) is 0 Å².